The Morgan fingerprint density at radius 1 is 1.47 bits per heavy atom. The molecule has 19 heavy (non-hydrogen) atoms. The van der Waals surface area contributed by atoms with E-state index in [0.29, 0.717) is 12.3 Å². The molecule has 2 N–H and O–H groups in total. The van der Waals surface area contributed by atoms with Gasteiger partial charge in [-0.1, -0.05) is 11.6 Å². The van der Waals surface area contributed by atoms with Crippen LogP contribution in [0, 0.1) is 11.3 Å². The first-order valence-corrected chi connectivity index (χ1v) is 6.80. The lowest BCUT2D eigenvalue weighted by Crippen LogP contribution is -2.20. The third-order valence-corrected chi connectivity index (χ3v) is 3.59. The van der Waals surface area contributed by atoms with Gasteiger partial charge in [-0.3, -0.25) is 4.79 Å². The molecule has 1 amide bonds. The molecule has 102 valence electrons. The summed E-state index contributed by atoms with van der Waals surface area (Å²) in [5, 5.41) is 16.8. The number of carbonyl (C=O) groups is 1. The molecule has 2 rings (SSSR count). The molecule has 1 aliphatic carbocycles. The second-order valence-corrected chi connectivity index (χ2v) is 5.03. The highest BCUT2D eigenvalue weighted by molar-refractivity contribution is 5.76. The highest BCUT2D eigenvalue weighted by Gasteiger charge is 2.27. The van der Waals surface area contributed by atoms with Crippen LogP contribution in [0.5, 0.6) is 0 Å². The topological polar surface area (TPSA) is 97.6 Å². The van der Waals surface area contributed by atoms with Gasteiger partial charge < -0.3 is 5.73 Å². The van der Waals surface area contributed by atoms with E-state index in [1.807, 2.05) is 4.68 Å². The van der Waals surface area contributed by atoms with E-state index >= 15 is 0 Å². The highest BCUT2D eigenvalue weighted by Crippen LogP contribution is 2.37. The highest BCUT2D eigenvalue weighted by atomic mass is 16.1. The lowest BCUT2D eigenvalue weighted by atomic mass is 9.81. The molecule has 0 saturated heterocycles. The second-order valence-electron chi connectivity index (χ2n) is 5.03. The Labute approximate surface area is 112 Å². The molecular weight excluding hydrogens is 242 g/mol. The summed E-state index contributed by atoms with van der Waals surface area (Å²) in [6.45, 7) is 0.763. The van der Waals surface area contributed by atoms with Crippen LogP contribution >= 0.6 is 0 Å². The number of hydrogen-bond donors (Lipinski definition) is 1. The molecule has 6 heteroatoms. The van der Waals surface area contributed by atoms with Crippen molar-refractivity contribution in [1.29, 1.82) is 5.26 Å². The van der Waals surface area contributed by atoms with E-state index in [-0.39, 0.29) is 12.3 Å². The summed E-state index contributed by atoms with van der Waals surface area (Å²) in [5.74, 6) is 0.109. The maximum Gasteiger partial charge on any atom is 0.223 e. The number of aryl methyl sites for hydroxylation is 1. The number of primary amides is 1. The minimum absolute atomic E-state index is 0.171. The van der Waals surface area contributed by atoms with Crippen molar-refractivity contribution in [2.45, 2.75) is 57.4 Å². The van der Waals surface area contributed by atoms with Gasteiger partial charge in [0.05, 0.1) is 23.9 Å². The molecule has 1 saturated carbocycles. The number of nitrogens with zero attached hydrogens (tertiary/aromatic N) is 4. The van der Waals surface area contributed by atoms with Crippen molar-refractivity contribution in [2.24, 2.45) is 5.73 Å². The van der Waals surface area contributed by atoms with Crippen LogP contribution in [0.25, 0.3) is 0 Å². The molecule has 0 radical (unpaired) electrons. The SMILES string of the molecule is N#CCCCCn1nnc(CC(N)=O)c1C1CCC1. The molecule has 1 heterocycles. The van der Waals surface area contributed by atoms with Crippen LogP contribution in [0.15, 0.2) is 0 Å². The van der Waals surface area contributed by atoms with Crippen LogP contribution in [0.1, 0.15) is 55.8 Å². The summed E-state index contributed by atoms with van der Waals surface area (Å²) in [6, 6.07) is 2.14. The van der Waals surface area contributed by atoms with Crippen LogP contribution in [0.3, 0.4) is 0 Å². The van der Waals surface area contributed by atoms with Gasteiger partial charge in [0, 0.05) is 18.9 Å². The van der Waals surface area contributed by atoms with E-state index in [9.17, 15) is 4.79 Å². The van der Waals surface area contributed by atoms with E-state index < -0.39 is 0 Å². The minimum atomic E-state index is -0.364. The Kier molecular flexibility index (Phi) is 4.50. The third kappa shape index (κ3) is 3.31. The second kappa shape index (κ2) is 6.32. The molecule has 0 atom stereocenters. The molecular formula is C13H19N5O. The van der Waals surface area contributed by atoms with E-state index in [4.69, 9.17) is 11.0 Å². The summed E-state index contributed by atoms with van der Waals surface area (Å²) in [5.41, 5.74) is 7.07. The summed E-state index contributed by atoms with van der Waals surface area (Å²) in [4.78, 5) is 11.1. The van der Waals surface area contributed by atoms with Gasteiger partial charge in [0.15, 0.2) is 0 Å². The zero-order valence-electron chi connectivity index (χ0n) is 11.0. The van der Waals surface area contributed by atoms with E-state index in [1.165, 1.54) is 6.42 Å². The van der Waals surface area contributed by atoms with Crippen molar-refractivity contribution in [3.8, 4) is 6.07 Å². The number of nitriles is 1. The Balaban J connectivity index is 2.06. The number of unbranched alkanes of at least 4 members (excludes halogenated alkanes) is 2. The zero-order valence-corrected chi connectivity index (χ0v) is 11.0. The van der Waals surface area contributed by atoms with Crippen molar-refractivity contribution >= 4 is 5.91 Å². The van der Waals surface area contributed by atoms with Gasteiger partial charge in [0.25, 0.3) is 0 Å². The summed E-state index contributed by atoms with van der Waals surface area (Å²) >= 11 is 0. The molecule has 1 fully saturated rings. The Bertz CT molecular complexity index is 484. The lowest BCUT2D eigenvalue weighted by Gasteiger charge is -2.26. The number of nitrogens with two attached hydrogens (primary N) is 1. The standard InChI is InChI=1S/C13H19N5O/c14-7-2-1-3-8-18-13(10-5-4-6-10)11(16-17-18)9-12(15)19/h10H,1-6,8-9H2,(H2,15,19). The smallest absolute Gasteiger partial charge is 0.223 e. The fourth-order valence-electron chi connectivity index (χ4n) is 2.41. The monoisotopic (exact) mass is 261 g/mol. The van der Waals surface area contributed by atoms with Crippen molar-refractivity contribution in [3.63, 3.8) is 0 Å². The average molecular weight is 261 g/mol. The molecule has 6 nitrogen and oxygen atoms in total. The number of hydrogen-bond acceptors (Lipinski definition) is 4. The minimum Gasteiger partial charge on any atom is -0.369 e. The maximum atomic E-state index is 11.1. The molecule has 0 spiro atoms. The first-order valence-electron chi connectivity index (χ1n) is 6.80. The Morgan fingerprint density at radius 2 is 2.26 bits per heavy atom. The van der Waals surface area contributed by atoms with Crippen molar-refractivity contribution in [1.82, 2.24) is 15.0 Å². The first kappa shape index (κ1) is 13.5. The summed E-state index contributed by atoms with van der Waals surface area (Å²) in [6.07, 6.45) is 6.01. The van der Waals surface area contributed by atoms with Gasteiger partial charge in [-0.25, -0.2) is 4.68 Å². The third-order valence-electron chi connectivity index (χ3n) is 3.59. The summed E-state index contributed by atoms with van der Waals surface area (Å²) in [7, 11) is 0. The van der Waals surface area contributed by atoms with Gasteiger partial charge in [0.1, 0.15) is 0 Å². The molecule has 0 unspecified atom stereocenters. The predicted octanol–water partition coefficient (Wildman–Crippen LogP) is 1.27. The van der Waals surface area contributed by atoms with Gasteiger partial charge in [-0.05, 0) is 25.7 Å². The first-order chi connectivity index (χ1) is 9.22. The normalized spacial score (nSPS) is 14.9. The van der Waals surface area contributed by atoms with Gasteiger partial charge in [-0.2, -0.15) is 5.26 Å². The van der Waals surface area contributed by atoms with Crippen molar-refractivity contribution in [3.05, 3.63) is 11.4 Å². The lowest BCUT2D eigenvalue weighted by molar-refractivity contribution is -0.117. The Hall–Kier alpha value is -1.90. The number of aromatic nitrogens is 3. The van der Waals surface area contributed by atoms with Crippen molar-refractivity contribution in [2.75, 3.05) is 0 Å². The van der Waals surface area contributed by atoms with Crippen LogP contribution in [-0.2, 0) is 17.8 Å². The molecule has 1 aliphatic rings. The van der Waals surface area contributed by atoms with E-state index in [0.717, 1.165) is 43.6 Å². The number of rotatable bonds is 7. The molecule has 1 aromatic heterocycles. The zero-order chi connectivity index (χ0) is 13.7. The van der Waals surface area contributed by atoms with Crippen molar-refractivity contribution < 1.29 is 4.79 Å². The summed E-state index contributed by atoms with van der Waals surface area (Å²) < 4.78 is 1.90. The fraction of sp³-hybridized carbons (Fsp3) is 0.692. The molecule has 0 aromatic carbocycles. The van der Waals surface area contributed by atoms with E-state index in [1.54, 1.807) is 0 Å². The van der Waals surface area contributed by atoms with Crippen LogP contribution in [0.4, 0.5) is 0 Å². The van der Waals surface area contributed by atoms with Crippen LogP contribution in [-0.4, -0.2) is 20.9 Å². The molecule has 1 aromatic rings. The van der Waals surface area contributed by atoms with Gasteiger partial charge in [0.2, 0.25) is 5.91 Å². The molecule has 0 bridgehead atoms. The quantitative estimate of drug-likeness (QED) is 0.747. The predicted molar refractivity (Wildman–Crippen MR) is 69.0 cm³/mol. The fourth-order valence-corrected chi connectivity index (χ4v) is 2.41. The van der Waals surface area contributed by atoms with Gasteiger partial charge >= 0.3 is 0 Å². The van der Waals surface area contributed by atoms with Crippen LogP contribution < -0.4 is 5.73 Å². The van der Waals surface area contributed by atoms with E-state index in [2.05, 4.69) is 16.4 Å². The largest absolute Gasteiger partial charge is 0.369 e. The average Bonchev–Trinajstić information content (AvgIpc) is 2.66. The Morgan fingerprint density at radius 3 is 2.84 bits per heavy atom. The molecule has 0 aliphatic heterocycles. The number of amides is 1. The van der Waals surface area contributed by atoms with Crippen LogP contribution in [0.2, 0.25) is 0 Å². The van der Waals surface area contributed by atoms with Gasteiger partial charge in [-0.15, -0.1) is 5.10 Å². The maximum absolute atomic E-state index is 11.1. The number of carbonyl (C=O) groups excluding carboxylic acids is 1.